The van der Waals surface area contributed by atoms with E-state index in [-0.39, 0.29) is 23.3 Å². The van der Waals surface area contributed by atoms with Gasteiger partial charge in [0, 0.05) is 31.4 Å². The Balaban J connectivity index is 0.00000161. The number of hydrogen-bond acceptors (Lipinski definition) is 4. The van der Waals surface area contributed by atoms with E-state index >= 15 is 0 Å². The highest BCUT2D eigenvalue weighted by Crippen LogP contribution is 2.31. The summed E-state index contributed by atoms with van der Waals surface area (Å²) in [5.41, 5.74) is 0. The number of piperidine rings is 1. The number of nitrogens with zero attached hydrogens (tertiary/aromatic N) is 2. The van der Waals surface area contributed by atoms with Crippen LogP contribution in [0.5, 0.6) is 0 Å². The zero-order chi connectivity index (χ0) is 14.3. The molecule has 1 aromatic heterocycles. The molecule has 3 rings (SSSR count). The minimum atomic E-state index is -3.68. The molecule has 5 nitrogen and oxygen atoms in total. The quantitative estimate of drug-likeness (QED) is 0.910. The van der Waals surface area contributed by atoms with Gasteiger partial charge in [-0.3, -0.25) is 4.98 Å². The first-order valence-electron chi connectivity index (χ1n) is 6.81. The summed E-state index contributed by atoms with van der Waals surface area (Å²) in [7, 11) is -2.10. The van der Waals surface area contributed by atoms with E-state index in [0.29, 0.717) is 12.1 Å². The number of fused-ring (bicyclic) bond motifs is 2. The molecule has 2 aliphatic rings. The van der Waals surface area contributed by atoms with Crippen LogP contribution in [0.4, 0.5) is 4.39 Å². The summed E-state index contributed by atoms with van der Waals surface area (Å²) in [6, 6.07) is 1.81. The zero-order valence-corrected chi connectivity index (χ0v) is 13.3. The van der Waals surface area contributed by atoms with Crippen LogP contribution in [0.1, 0.15) is 25.7 Å². The molecule has 0 spiro atoms. The lowest BCUT2D eigenvalue weighted by Gasteiger charge is -2.34. The van der Waals surface area contributed by atoms with Gasteiger partial charge in [-0.1, -0.05) is 0 Å². The van der Waals surface area contributed by atoms with Gasteiger partial charge in [-0.15, -0.1) is 12.4 Å². The summed E-state index contributed by atoms with van der Waals surface area (Å²) in [4.78, 5) is 3.55. The minimum Gasteiger partial charge on any atom is -0.311 e. The van der Waals surface area contributed by atoms with E-state index in [0.717, 1.165) is 37.9 Å². The number of sulfonamides is 1. The van der Waals surface area contributed by atoms with Crippen LogP contribution in [0.3, 0.4) is 0 Å². The van der Waals surface area contributed by atoms with Crippen molar-refractivity contribution in [2.45, 2.75) is 48.7 Å². The van der Waals surface area contributed by atoms with Crippen molar-refractivity contribution in [1.29, 1.82) is 0 Å². The molecule has 21 heavy (non-hydrogen) atoms. The van der Waals surface area contributed by atoms with Crippen LogP contribution in [-0.4, -0.2) is 42.9 Å². The fraction of sp³-hybridized carbons (Fsp3) is 0.615. The molecule has 3 heterocycles. The number of rotatable bonds is 3. The molecule has 2 bridgehead atoms. The first kappa shape index (κ1) is 16.6. The van der Waals surface area contributed by atoms with Gasteiger partial charge >= 0.3 is 0 Å². The van der Waals surface area contributed by atoms with E-state index in [1.54, 1.807) is 7.05 Å². The molecule has 0 radical (unpaired) electrons. The Hall–Kier alpha value is -0.760. The third kappa shape index (κ3) is 3.21. The van der Waals surface area contributed by atoms with Gasteiger partial charge in [-0.05, 0) is 31.7 Å². The maximum absolute atomic E-state index is 13.2. The average molecular weight is 336 g/mol. The Bertz CT molecular complexity index is 601. The molecule has 2 atom stereocenters. The summed E-state index contributed by atoms with van der Waals surface area (Å²) < 4.78 is 39.6. The summed E-state index contributed by atoms with van der Waals surface area (Å²) in [6.07, 6.45) is 6.05. The van der Waals surface area contributed by atoms with Gasteiger partial charge in [-0.25, -0.2) is 12.8 Å². The summed E-state index contributed by atoms with van der Waals surface area (Å²) in [6.45, 7) is 0. The molecule has 0 saturated carbocycles. The van der Waals surface area contributed by atoms with Gasteiger partial charge in [0.2, 0.25) is 10.0 Å². The molecule has 2 aliphatic heterocycles. The van der Waals surface area contributed by atoms with E-state index in [9.17, 15) is 12.8 Å². The first-order chi connectivity index (χ1) is 9.46. The number of nitrogens with one attached hydrogen (secondary N) is 1. The molecular formula is C13H19ClFN3O2S. The molecule has 0 aliphatic carbocycles. The lowest BCUT2D eigenvalue weighted by atomic mass is 10.0. The Kier molecular flexibility index (Phi) is 4.87. The summed E-state index contributed by atoms with van der Waals surface area (Å²) in [5.74, 6) is -0.634. The molecular weight excluding hydrogens is 317 g/mol. The summed E-state index contributed by atoms with van der Waals surface area (Å²) >= 11 is 0. The first-order valence-corrected chi connectivity index (χ1v) is 8.25. The fourth-order valence-electron chi connectivity index (χ4n) is 3.22. The van der Waals surface area contributed by atoms with Gasteiger partial charge in [0.05, 0.1) is 6.20 Å². The van der Waals surface area contributed by atoms with Crippen molar-refractivity contribution in [3.05, 3.63) is 24.3 Å². The Labute approximate surface area is 130 Å². The molecule has 8 heteroatoms. The van der Waals surface area contributed by atoms with Crippen LogP contribution < -0.4 is 5.32 Å². The van der Waals surface area contributed by atoms with Crippen LogP contribution in [0.15, 0.2) is 23.4 Å². The van der Waals surface area contributed by atoms with Crippen LogP contribution in [0, 0.1) is 5.82 Å². The monoisotopic (exact) mass is 335 g/mol. The maximum Gasteiger partial charge on any atom is 0.244 e. The van der Waals surface area contributed by atoms with E-state index in [2.05, 4.69) is 10.3 Å². The molecule has 118 valence electrons. The standard InChI is InChI=1S/C13H18FN3O2S.ClH/c1-17(12-5-10-2-3-11(6-12)16-10)20(18,19)13-4-9(14)7-15-8-13;/h4,7-8,10-12,16H,2-3,5-6H2,1H3;1H. The highest BCUT2D eigenvalue weighted by Gasteiger charge is 2.38. The lowest BCUT2D eigenvalue weighted by Crippen LogP contribution is -2.48. The predicted molar refractivity (Wildman–Crippen MR) is 79.4 cm³/mol. The van der Waals surface area contributed by atoms with E-state index in [1.807, 2.05) is 0 Å². The molecule has 2 unspecified atom stereocenters. The zero-order valence-electron chi connectivity index (χ0n) is 11.7. The second-order valence-corrected chi connectivity index (χ2v) is 7.62. The normalized spacial score (nSPS) is 28.4. The van der Waals surface area contributed by atoms with Crippen molar-refractivity contribution in [3.63, 3.8) is 0 Å². The predicted octanol–water partition coefficient (Wildman–Crippen LogP) is 1.55. The number of hydrogen-bond donors (Lipinski definition) is 1. The average Bonchev–Trinajstić information content (AvgIpc) is 2.76. The number of aromatic nitrogens is 1. The SMILES string of the molecule is CN(C1CC2CCC(C1)N2)S(=O)(=O)c1cncc(F)c1.Cl. The fourth-order valence-corrected chi connectivity index (χ4v) is 4.57. The van der Waals surface area contributed by atoms with Crippen molar-refractivity contribution in [1.82, 2.24) is 14.6 Å². The molecule has 1 N–H and O–H groups in total. The highest BCUT2D eigenvalue weighted by molar-refractivity contribution is 7.89. The molecule has 0 amide bonds. The van der Waals surface area contributed by atoms with Gasteiger partial charge in [-0.2, -0.15) is 4.31 Å². The van der Waals surface area contributed by atoms with Crippen LogP contribution in [0.25, 0.3) is 0 Å². The Morgan fingerprint density at radius 1 is 1.29 bits per heavy atom. The summed E-state index contributed by atoms with van der Waals surface area (Å²) in [5, 5.41) is 3.48. The van der Waals surface area contributed by atoms with E-state index in [1.165, 1.54) is 10.5 Å². The number of pyridine rings is 1. The second kappa shape index (κ2) is 6.16. The number of halogens is 2. The molecule has 1 aromatic rings. The topological polar surface area (TPSA) is 62.3 Å². The molecule has 0 aromatic carbocycles. The van der Waals surface area contributed by atoms with E-state index in [4.69, 9.17) is 0 Å². The Morgan fingerprint density at radius 2 is 1.90 bits per heavy atom. The van der Waals surface area contributed by atoms with E-state index < -0.39 is 15.8 Å². The van der Waals surface area contributed by atoms with Crippen molar-refractivity contribution in [2.75, 3.05) is 7.05 Å². The van der Waals surface area contributed by atoms with Crippen molar-refractivity contribution in [2.24, 2.45) is 0 Å². The van der Waals surface area contributed by atoms with Crippen LogP contribution >= 0.6 is 12.4 Å². The van der Waals surface area contributed by atoms with Crippen molar-refractivity contribution >= 4 is 22.4 Å². The van der Waals surface area contributed by atoms with Gasteiger partial charge in [0.25, 0.3) is 0 Å². The highest BCUT2D eigenvalue weighted by atomic mass is 35.5. The second-order valence-electron chi connectivity index (χ2n) is 5.62. The van der Waals surface area contributed by atoms with Crippen LogP contribution in [-0.2, 0) is 10.0 Å². The molecule has 2 saturated heterocycles. The third-order valence-corrected chi connectivity index (χ3v) is 6.19. The van der Waals surface area contributed by atoms with Crippen molar-refractivity contribution < 1.29 is 12.8 Å². The maximum atomic E-state index is 13.2. The smallest absolute Gasteiger partial charge is 0.244 e. The van der Waals surface area contributed by atoms with Gasteiger partial charge in [0.15, 0.2) is 0 Å². The minimum absolute atomic E-state index is 0. The Morgan fingerprint density at radius 3 is 2.48 bits per heavy atom. The van der Waals surface area contributed by atoms with Crippen LogP contribution in [0.2, 0.25) is 0 Å². The molecule has 2 fully saturated rings. The largest absolute Gasteiger partial charge is 0.311 e. The van der Waals surface area contributed by atoms with Crippen molar-refractivity contribution in [3.8, 4) is 0 Å². The van der Waals surface area contributed by atoms with Gasteiger partial charge in [0.1, 0.15) is 10.7 Å². The lowest BCUT2D eigenvalue weighted by molar-refractivity contribution is 0.251. The third-order valence-electron chi connectivity index (χ3n) is 4.32. The van der Waals surface area contributed by atoms with Gasteiger partial charge < -0.3 is 5.32 Å².